The van der Waals surface area contributed by atoms with E-state index in [9.17, 15) is 4.57 Å². The van der Waals surface area contributed by atoms with Crippen molar-refractivity contribution in [3.05, 3.63) is 90.6 Å². The minimum Gasteiger partial charge on any atom is -0.308 e. The number of fused-ring (bicyclic) bond motifs is 5. The van der Waals surface area contributed by atoms with Crippen molar-refractivity contribution < 1.29 is 4.57 Å². The van der Waals surface area contributed by atoms with Gasteiger partial charge < -0.3 is 4.57 Å². The zero-order valence-corrected chi connectivity index (χ0v) is 16.2. The molecule has 1 aliphatic heterocycles. The first-order valence-corrected chi connectivity index (χ1v) is 11.1. The predicted octanol–water partition coefficient (Wildman–Crippen LogP) is 4.44. The fraction of sp³-hybridized carbons (Fsp3) is 0.0417. The Bertz CT molecular complexity index is 1450. The van der Waals surface area contributed by atoms with E-state index in [2.05, 4.69) is 35.8 Å². The molecular weight excluding hydrogens is 363 g/mol. The van der Waals surface area contributed by atoms with E-state index in [0.29, 0.717) is 0 Å². The number of aromatic nitrogens is 2. The molecule has 4 heteroatoms. The molecule has 0 radical (unpaired) electrons. The summed E-state index contributed by atoms with van der Waals surface area (Å²) < 4.78 is 17.0. The lowest BCUT2D eigenvalue weighted by Gasteiger charge is -2.28. The summed E-state index contributed by atoms with van der Waals surface area (Å²) >= 11 is 0. The molecule has 2 aromatic heterocycles. The van der Waals surface area contributed by atoms with Crippen LogP contribution in [0.3, 0.4) is 0 Å². The molecule has 6 rings (SSSR count). The Morgan fingerprint density at radius 1 is 0.821 bits per heavy atom. The minimum atomic E-state index is -3.01. The fourth-order valence-electron chi connectivity index (χ4n) is 4.49. The molecule has 0 aliphatic carbocycles. The van der Waals surface area contributed by atoms with Crippen LogP contribution < -0.4 is 15.9 Å². The van der Waals surface area contributed by atoms with Crippen molar-refractivity contribution in [2.24, 2.45) is 0 Å². The predicted molar refractivity (Wildman–Crippen MR) is 116 cm³/mol. The Hall–Kier alpha value is -3.16. The molecule has 3 aromatic carbocycles. The second kappa shape index (κ2) is 5.43. The Balaban J connectivity index is 1.91. The SMILES string of the molecule is Cc1ccc2c3cccc4c3n(c2c1)-c1ncccc1P4(=O)c1ccccc1. The lowest BCUT2D eigenvalue weighted by Crippen LogP contribution is -2.33. The molecule has 28 heavy (non-hydrogen) atoms. The summed E-state index contributed by atoms with van der Waals surface area (Å²) in [5.74, 6) is 0.777. The topological polar surface area (TPSA) is 34.9 Å². The molecule has 0 N–H and O–H groups in total. The van der Waals surface area contributed by atoms with Crippen LogP contribution in [0.1, 0.15) is 5.56 Å². The zero-order chi connectivity index (χ0) is 18.9. The number of hydrogen-bond acceptors (Lipinski definition) is 2. The third-order valence-electron chi connectivity index (χ3n) is 5.70. The number of rotatable bonds is 1. The summed E-state index contributed by atoms with van der Waals surface area (Å²) in [6.07, 6.45) is 1.79. The van der Waals surface area contributed by atoms with Gasteiger partial charge in [0.1, 0.15) is 5.82 Å². The molecule has 1 atom stereocenters. The first kappa shape index (κ1) is 15.9. The van der Waals surface area contributed by atoms with Crippen molar-refractivity contribution in [1.29, 1.82) is 0 Å². The fourth-order valence-corrected chi connectivity index (χ4v) is 7.44. The Kier molecular flexibility index (Phi) is 3.08. The maximum atomic E-state index is 14.8. The number of hydrogen-bond donors (Lipinski definition) is 0. The highest BCUT2D eigenvalue weighted by atomic mass is 31.2. The molecule has 0 fully saturated rings. The van der Waals surface area contributed by atoms with Gasteiger partial charge >= 0.3 is 0 Å². The quantitative estimate of drug-likeness (QED) is 0.395. The highest BCUT2D eigenvalue weighted by Crippen LogP contribution is 2.50. The van der Waals surface area contributed by atoms with Crippen molar-refractivity contribution in [2.75, 3.05) is 0 Å². The highest BCUT2D eigenvalue weighted by molar-refractivity contribution is 7.86. The van der Waals surface area contributed by atoms with Crippen LogP contribution in [0.25, 0.3) is 27.6 Å². The number of nitrogens with zero attached hydrogens (tertiary/aromatic N) is 2. The van der Waals surface area contributed by atoms with Crippen LogP contribution in [0.5, 0.6) is 0 Å². The van der Waals surface area contributed by atoms with Crippen molar-refractivity contribution in [3.63, 3.8) is 0 Å². The van der Waals surface area contributed by atoms with Gasteiger partial charge in [-0.05, 0) is 36.8 Å². The summed E-state index contributed by atoms with van der Waals surface area (Å²) in [5.41, 5.74) is 3.32. The van der Waals surface area contributed by atoms with Gasteiger partial charge in [0.2, 0.25) is 0 Å². The van der Waals surface area contributed by atoms with E-state index in [0.717, 1.165) is 38.2 Å². The molecule has 1 aliphatic rings. The summed E-state index contributed by atoms with van der Waals surface area (Å²) in [7, 11) is -3.01. The number of para-hydroxylation sites is 1. The van der Waals surface area contributed by atoms with Crippen LogP contribution in [0.4, 0.5) is 0 Å². The van der Waals surface area contributed by atoms with E-state index >= 15 is 0 Å². The smallest absolute Gasteiger partial charge is 0.176 e. The van der Waals surface area contributed by atoms with Crippen molar-refractivity contribution in [2.45, 2.75) is 6.92 Å². The first-order chi connectivity index (χ1) is 13.7. The van der Waals surface area contributed by atoms with Gasteiger partial charge in [-0.3, -0.25) is 4.57 Å². The van der Waals surface area contributed by atoms with Gasteiger partial charge in [0.25, 0.3) is 0 Å². The van der Waals surface area contributed by atoms with E-state index in [-0.39, 0.29) is 0 Å². The van der Waals surface area contributed by atoms with Crippen LogP contribution in [0.2, 0.25) is 0 Å². The monoisotopic (exact) mass is 380 g/mol. The van der Waals surface area contributed by atoms with Gasteiger partial charge in [-0.2, -0.15) is 0 Å². The molecule has 3 nitrogen and oxygen atoms in total. The molecule has 3 heterocycles. The maximum absolute atomic E-state index is 14.8. The normalized spacial score (nSPS) is 17.8. The lowest BCUT2D eigenvalue weighted by atomic mass is 10.1. The summed E-state index contributed by atoms with van der Waals surface area (Å²) in [6.45, 7) is 2.10. The van der Waals surface area contributed by atoms with Gasteiger partial charge in [0.05, 0.1) is 16.3 Å². The van der Waals surface area contributed by atoms with Gasteiger partial charge in [-0.15, -0.1) is 0 Å². The van der Waals surface area contributed by atoms with E-state index in [1.165, 1.54) is 10.9 Å². The summed E-state index contributed by atoms with van der Waals surface area (Å²) in [4.78, 5) is 4.71. The molecular formula is C24H17N2OP. The Labute approximate surface area is 162 Å². The van der Waals surface area contributed by atoms with Crippen LogP contribution in [0, 0.1) is 6.92 Å². The van der Waals surface area contributed by atoms with Gasteiger partial charge in [-0.1, -0.05) is 54.6 Å². The molecule has 0 spiro atoms. The molecule has 5 aromatic rings. The number of pyridine rings is 1. The summed E-state index contributed by atoms with van der Waals surface area (Å²) in [6, 6.07) is 26.3. The summed E-state index contributed by atoms with van der Waals surface area (Å²) in [5, 5.41) is 4.84. The van der Waals surface area contributed by atoms with E-state index in [4.69, 9.17) is 4.98 Å². The average molecular weight is 380 g/mol. The van der Waals surface area contributed by atoms with E-state index < -0.39 is 7.14 Å². The van der Waals surface area contributed by atoms with Gasteiger partial charge in [0.15, 0.2) is 7.14 Å². The molecule has 134 valence electrons. The van der Waals surface area contributed by atoms with Gasteiger partial charge in [0, 0.05) is 27.6 Å². The first-order valence-electron chi connectivity index (χ1n) is 9.35. The van der Waals surface area contributed by atoms with Gasteiger partial charge in [-0.25, -0.2) is 4.98 Å². The zero-order valence-electron chi connectivity index (χ0n) is 15.3. The maximum Gasteiger partial charge on any atom is 0.176 e. The standard InChI is InChI=1S/C24H17N2OP/c1-16-12-13-18-19-9-5-10-21-23(19)26(20(18)15-16)24-22(11-6-14-25-24)28(21,27)17-7-3-2-4-8-17/h2-15H,1H3. The number of aryl methyl sites for hydroxylation is 1. The molecule has 1 unspecified atom stereocenters. The van der Waals surface area contributed by atoms with Crippen molar-refractivity contribution >= 4 is 44.9 Å². The third-order valence-corrected chi connectivity index (χ3v) is 8.79. The van der Waals surface area contributed by atoms with Crippen LogP contribution in [-0.4, -0.2) is 9.55 Å². The van der Waals surface area contributed by atoms with Crippen molar-refractivity contribution in [1.82, 2.24) is 9.55 Å². The average Bonchev–Trinajstić information content (AvgIpc) is 3.07. The van der Waals surface area contributed by atoms with E-state index in [1.54, 1.807) is 6.20 Å². The Morgan fingerprint density at radius 3 is 2.50 bits per heavy atom. The van der Waals surface area contributed by atoms with Crippen LogP contribution in [0.15, 0.2) is 85.1 Å². The van der Waals surface area contributed by atoms with Crippen LogP contribution in [-0.2, 0) is 4.57 Å². The minimum absolute atomic E-state index is 0.777. The van der Waals surface area contributed by atoms with Crippen molar-refractivity contribution in [3.8, 4) is 5.82 Å². The lowest BCUT2D eigenvalue weighted by molar-refractivity contribution is 0.592. The second-order valence-corrected chi connectivity index (χ2v) is 10.0. The third kappa shape index (κ3) is 1.85. The second-order valence-electron chi connectivity index (χ2n) is 7.32. The molecule has 0 saturated carbocycles. The van der Waals surface area contributed by atoms with Crippen LogP contribution >= 0.6 is 7.14 Å². The molecule has 0 amide bonds. The largest absolute Gasteiger partial charge is 0.308 e. The number of benzene rings is 3. The van der Waals surface area contributed by atoms with E-state index in [1.807, 2.05) is 54.6 Å². The highest BCUT2D eigenvalue weighted by Gasteiger charge is 2.39. The Morgan fingerprint density at radius 2 is 1.64 bits per heavy atom. The molecule has 0 bridgehead atoms. The molecule has 0 saturated heterocycles.